The molecule has 0 unspecified atom stereocenters. The quantitative estimate of drug-likeness (QED) is 0.687. The second kappa shape index (κ2) is 9.94. The molecule has 0 bridgehead atoms. The van der Waals surface area contributed by atoms with Crippen LogP contribution in [0.5, 0.6) is 0 Å². The molecule has 2 fully saturated rings. The van der Waals surface area contributed by atoms with Crippen LogP contribution in [0.1, 0.15) is 30.9 Å². The molecule has 1 aromatic carbocycles. The molecule has 2 aliphatic heterocycles. The first-order valence-electron chi connectivity index (χ1n) is 11.2. The van der Waals surface area contributed by atoms with Crippen molar-refractivity contribution in [1.29, 1.82) is 0 Å². The number of amides is 1. The Bertz CT molecular complexity index is 918. The first kappa shape index (κ1) is 23.3. The van der Waals surface area contributed by atoms with E-state index in [1.165, 1.54) is 5.56 Å². The molecule has 0 radical (unpaired) electrons. The lowest BCUT2D eigenvalue weighted by Crippen LogP contribution is -2.55. The normalized spacial score (nSPS) is 20.7. The first-order valence-corrected chi connectivity index (χ1v) is 11.2. The van der Waals surface area contributed by atoms with Gasteiger partial charge in [0, 0.05) is 57.7 Å². The van der Waals surface area contributed by atoms with Gasteiger partial charge < -0.3 is 14.5 Å². The zero-order chi connectivity index (χ0) is 23.4. The fourth-order valence-electron chi connectivity index (χ4n) is 4.28. The minimum absolute atomic E-state index is 0.104. The maximum atomic E-state index is 12.8. The smallest absolute Gasteiger partial charge is 0.419 e. The van der Waals surface area contributed by atoms with E-state index in [0.29, 0.717) is 19.6 Å². The minimum atomic E-state index is -4.47. The highest BCUT2D eigenvalue weighted by Crippen LogP contribution is 2.28. The molecule has 1 aromatic heterocycles. The Morgan fingerprint density at radius 1 is 1.06 bits per heavy atom. The van der Waals surface area contributed by atoms with Gasteiger partial charge in [-0.3, -0.25) is 4.90 Å². The van der Waals surface area contributed by atoms with Crippen molar-refractivity contribution in [2.75, 3.05) is 37.6 Å². The number of hydrogen-bond acceptors (Lipinski definition) is 6. The molecule has 0 N–H and O–H groups in total. The summed E-state index contributed by atoms with van der Waals surface area (Å²) in [5.74, 6) is 0.230. The highest BCUT2D eigenvalue weighted by atomic mass is 19.4. The maximum Gasteiger partial charge on any atom is 0.419 e. The van der Waals surface area contributed by atoms with E-state index in [2.05, 4.69) is 27.0 Å². The SMILES string of the molecule is C[C@@H]1CN(c2ncc(C(F)(F)F)cn2)CCN1C(=O)OC1CCN(Cc2ccccc2)CC1. The fraction of sp³-hybridized carbons (Fsp3) is 0.522. The molecule has 1 atom stereocenters. The van der Waals surface area contributed by atoms with Crippen molar-refractivity contribution in [2.45, 2.75) is 44.6 Å². The van der Waals surface area contributed by atoms with Crippen LogP contribution in [0.3, 0.4) is 0 Å². The molecule has 3 heterocycles. The van der Waals surface area contributed by atoms with Gasteiger partial charge in [-0.2, -0.15) is 13.2 Å². The zero-order valence-corrected chi connectivity index (χ0v) is 18.5. The molecular formula is C23H28F3N5O2. The van der Waals surface area contributed by atoms with Gasteiger partial charge in [0.05, 0.1) is 5.56 Å². The summed E-state index contributed by atoms with van der Waals surface area (Å²) in [6.45, 7) is 5.79. The van der Waals surface area contributed by atoms with Crippen LogP contribution in [0.2, 0.25) is 0 Å². The predicted molar refractivity (Wildman–Crippen MR) is 117 cm³/mol. The summed E-state index contributed by atoms with van der Waals surface area (Å²) in [5, 5.41) is 0. The molecule has 0 aliphatic carbocycles. The summed E-state index contributed by atoms with van der Waals surface area (Å²) < 4.78 is 43.9. The Morgan fingerprint density at radius 2 is 1.73 bits per heavy atom. The largest absolute Gasteiger partial charge is 0.446 e. The number of rotatable bonds is 4. The Morgan fingerprint density at radius 3 is 2.33 bits per heavy atom. The predicted octanol–water partition coefficient (Wildman–Crippen LogP) is 3.81. The van der Waals surface area contributed by atoms with Crippen molar-refractivity contribution in [1.82, 2.24) is 19.8 Å². The van der Waals surface area contributed by atoms with Crippen molar-refractivity contribution < 1.29 is 22.7 Å². The summed E-state index contributed by atoms with van der Waals surface area (Å²) >= 11 is 0. The van der Waals surface area contributed by atoms with Gasteiger partial charge in [-0.05, 0) is 25.3 Å². The molecule has 2 aliphatic rings. The molecule has 2 aromatic rings. The van der Waals surface area contributed by atoms with Crippen molar-refractivity contribution in [3.8, 4) is 0 Å². The highest BCUT2D eigenvalue weighted by Gasteiger charge is 2.34. The number of ether oxygens (including phenoxy) is 1. The summed E-state index contributed by atoms with van der Waals surface area (Å²) in [6.07, 6.45) is -1.73. The Hall–Kier alpha value is -2.88. The Kier molecular flexibility index (Phi) is 7.02. The van der Waals surface area contributed by atoms with E-state index in [1.54, 1.807) is 9.80 Å². The van der Waals surface area contributed by atoms with E-state index in [4.69, 9.17) is 4.74 Å². The monoisotopic (exact) mass is 463 g/mol. The van der Waals surface area contributed by atoms with E-state index >= 15 is 0 Å². The van der Waals surface area contributed by atoms with Crippen LogP contribution in [0.15, 0.2) is 42.7 Å². The number of carbonyl (C=O) groups excluding carboxylic acids is 1. The van der Waals surface area contributed by atoms with Gasteiger partial charge in [-0.1, -0.05) is 30.3 Å². The number of piperazine rings is 1. The van der Waals surface area contributed by atoms with Gasteiger partial charge in [0.15, 0.2) is 0 Å². The average molecular weight is 464 g/mol. The van der Waals surface area contributed by atoms with E-state index in [9.17, 15) is 18.0 Å². The van der Waals surface area contributed by atoms with Crippen molar-refractivity contribution in [3.05, 3.63) is 53.9 Å². The minimum Gasteiger partial charge on any atom is -0.446 e. The summed E-state index contributed by atoms with van der Waals surface area (Å²) in [6, 6.07) is 10.1. The van der Waals surface area contributed by atoms with E-state index in [0.717, 1.165) is 44.9 Å². The van der Waals surface area contributed by atoms with Crippen LogP contribution in [0.25, 0.3) is 0 Å². The number of benzene rings is 1. The molecular weight excluding hydrogens is 435 g/mol. The molecule has 33 heavy (non-hydrogen) atoms. The van der Waals surface area contributed by atoms with E-state index in [1.807, 2.05) is 25.1 Å². The topological polar surface area (TPSA) is 61.8 Å². The number of carbonyl (C=O) groups is 1. The number of likely N-dealkylation sites (tertiary alicyclic amines) is 1. The van der Waals surface area contributed by atoms with Gasteiger partial charge in [0.1, 0.15) is 6.10 Å². The number of nitrogens with zero attached hydrogens (tertiary/aromatic N) is 5. The van der Waals surface area contributed by atoms with Crippen molar-refractivity contribution in [3.63, 3.8) is 0 Å². The van der Waals surface area contributed by atoms with Crippen LogP contribution in [-0.2, 0) is 17.5 Å². The van der Waals surface area contributed by atoms with E-state index < -0.39 is 11.7 Å². The summed E-state index contributed by atoms with van der Waals surface area (Å²) in [7, 11) is 0. The standard InChI is InChI=1S/C23H28F3N5O2/c1-17-15-30(21-27-13-19(14-28-21)23(24,25)26)11-12-31(17)22(32)33-20-7-9-29(10-8-20)16-18-5-3-2-4-6-18/h2-6,13-14,17,20H,7-12,15-16H2,1H3/t17-/m1/s1. The number of alkyl halides is 3. The average Bonchev–Trinajstić information content (AvgIpc) is 2.80. The number of halogens is 3. The van der Waals surface area contributed by atoms with E-state index in [-0.39, 0.29) is 24.2 Å². The fourth-order valence-corrected chi connectivity index (χ4v) is 4.28. The summed E-state index contributed by atoms with van der Waals surface area (Å²) in [5.41, 5.74) is 0.396. The van der Waals surface area contributed by atoms with Crippen molar-refractivity contribution in [2.24, 2.45) is 0 Å². The van der Waals surface area contributed by atoms with Gasteiger partial charge in [0.25, 0.3) is 0 Å². The number of piperidine rings is 1. The third kappa shape index (κ3) is 5.93. The lowest BCUT2D eigenvalue weighted by molar-refractivity contribution is -0.138. The third-order valence-electron chi connectivity index (χ3n) is 6.16. The molecule has 2 saturated heterocycles. The van der Waals surface area contributed by atoms with Gasteiger partial charge in [-0.25, -0.2) is 14.8 Å². The Labute approximate surface area is 191 Å². The number of anilines is 1. The van der Waals surface area contributed by atoms with Crippen LogP contribution in [-0.4, -0.2) is 70.7 Å². The molecule has 1 amide bonds. The highest BCUT2D eigenvalue weighted by molar-refractivity contribution is 5.68. The zero-order valence-electron chi connectivity index (χ0n) is 18.5. The van der Waals surface area contributed by atoms with Crippen LogP contribution in [0, 0.1) is 0 Å². The Balaban J connectivity index is 1.24. The molecule has 178 valence electrons. The number of hydrogen-bond donors (Lipinski definition) is 0. The lowest BCUT2D eigenvalue weighted by atomic mass is 10.1. The first-order chi connectivity index (χ1) is 15.8. The van der Waals surface area contributed by atoms with Crippen molar-refractivity contribution >= 4 is 12.0 Å². The maximum absolute atomic E-state index is 12.8. The van der Waals surface area contributed by atoms with Gasteiger partial charge >= 0.3 is 12.3 Å². The third-order valence-corrected chi connectivity index (χ3v) is 6.16. The molecule has 4 rings (SSSR count). The second-order valence-electron chi connectivity index (χ2n) is 8.60. The summed E-state index contributed by atoms with van der Waals surface area (Å²) in [4.78, 5) is 26.3. The van der Waals surface area contributed by atoms with Crippen LogP contribution in [0.4, 0.5) is 23.9 Å². The van der Waals surface area contributed by atoms with Gasteiger partial charge in [0.2, 0.25) is 5.95 Å². The second-order valence-corrected chi connectivity index (χ2v) is 8.60. The molecule has 0 spiro atoms. The van der Waals surface area contributed by atoms with Crippen LogP contribution >= 0.6 is 0 Å². The lowest BCUT2D eigenvalue weighted by Gasteiger charge is -2.40. The van der Waals surface area contributed by atoms with Gasteiger partial charge in [-0.15, -0.1) is 0 Å². The molecule has 7 nitrogen and oxygen atoms in total. The number of aromatic nitrogens is 2. The van der Waals surface area contributed by atoms with Crippen LogP contribution < -0.4 is 4.90 Å². The molecule has 10 heteroatoms. The molecule has 0 saturated carbocycles.